The fraction of sp³-hybridized carbons (Fsp3) is 0.500. The molecule has 1 aliphatic heterocycles. The first-order valence-corrected chi connectivity index (χ1v) is 6.60. The number of hydrogen-bond acceptors (Lipinski definition) is 4. The summed E-state index contributed by atoms with van der Waals surface area (Å²) in [6.45, 7) is 3.92. The van der Waals surface area contributed by atoms with Gasteiger partial charge in [-0.2, -0.15) is 4.98 Å². The number of hydrogen-bond donors (Lipinski definition) is 1. The van der Waals surface area contributed by atoms with E-state index in [4.69, 9.17) is 10.2 Å². The van der Waals surface area contributed by atoms with Crippen molar-refractivity contribution in [2.45, 2.75) is 25.8 Å². The van der Waals surface area contributed by atoms with Crippen LogP contribution in [0.25, 0.3) is 11.1 Å². The molecule has 3 rings (SSSR count). The fourth-order valence-corrected chi connectivity index (χ4v) is 2.71. The number of rotatable bonds is 2. The minimum atomic E-state index is 0.349. The van der Waals surface area contributed by atoms with Crippen LogP contribution in [-0.4, -0.2) is 24.1 Å². The summed E-state index contributed by atoms with van der Waals surface area (Å²) in [5.74, 6) is 0.735. The summed E-state index contributed by atoms with van der Waals surface area (Å²) in [5, 5.41) is 0. The Labute approximate surface area is 107 Å². The Morgan fingerprint density at radius 3 is 3.06 bits per heavy atom. The number of aromatic nitrogens is 1. The molecule has 0 radical (unpaired) electrons. The van der Waals surface area contributed by atoms with Crippen molar-refractivity contribution in [2.75, 3.05) is 18.0 Å². The SMILES string of the molecule is CC1CCN(c2nc3ccccc3o2)C(CN)C1. The van der Waals surface area contributed by atoms with E-state index in [2.05, 4.69) is 16.8 Å². The van der Waals surface area contributed by atoms with E-state index in [9.17, 15) is 0 Å². The molecule has 0 bridgehead atoms. The average Bonchev–Trinajstić information content (AvgIpc) is 2.82. The predicted octanol–water partition coefficient (Wildman–Crippen LogP) is 2.39. The molecule has 4 heteroatoms. The molecule has 1 aromatic carbocycles. The van der Waals surface area contributed by atoms with Gasteiger partial charge >= 0.3 is 0 Å². The van der Waals surface area contributed by atoms with Crippen molar-refractivity contribution >= 4 is 17.1 Å². The van der Waals surface area contributed by atoms with E-state index in [-0.39, 0.29) is 0 Å². The molecule has 1 aliphatic rings. The number of nitrogens with zero attached hydrogens (tertiary/aromatic N) is 2. The van der Waals surface area contributed by atoms with Gasteiger partial charge < -0.3 is 15.1 Å². The summed E-state index contributed by atoms with van der Waals surface area (Å²) >= 11 is 0. The van der Waals surface area contributed by atoms with Crippen LogP contribution < -0.4 is 10.6 Å². The minimum absolute atomic E-state index is 0.349. The van der Waals surface area contributed by atoms with Crippen LogP contribution in [0.2, 0.25) is 0 Å². The first-order chi connectivity index (χ1) is 8.78. The first kappa shape index (κ1) is 11.5. The quantitative estimate of drug-likeness (QED) is 0.882. The summed E-state index contributed by atoms with van der Waals surface area (Å²) in [5.41, 5.74) is 7.64. The molecule has 18 heavy (non-hydrogen) atoms. The lowest BCUT2D eigenvalue weighted by Gasteiger charge is -2.36. The van der Waals surface area contributed by atoms with Crippen LogP contribution in [0.1, 0.15) is 19.8 Å². The molecule has 4 nitrogen and oxygen atoms in total. The Morgan fingerprint density at radius 1 is 1.44 bits per heavy atom. The third-order valence-electron chi connectivity index (χ3n) is 3.78. The van der Waals surface area contributed by atoms with Crippen molar-refractivity contribution in [3.63, 3.8) is 0 Å². The molecule has 0 aliphatic carbocycles. The van der Waals surface area contributed by atoms with Gasteiger partial charge in [-0.1, -0.05) is 19.1 Å². The maximum atomic E-state index is 5.88. The summed E-state index contributed by atoms with van der Waals surface area (Å²) in [7, 11) is 0. The summed E-state index contributed by atoms with van der Waals surface area (Å²) in [6, 6.07) is 8.95. The molecule has 2 atom stereocenters. The number of piperidine rings is 1. The van der Waals surface area contributed by atoms with Gasteiger partial charge in [0, 0.05) is 19.1 Å². The molecule has 2 heterocycles. The van der Waals surface area contributed by atoms with Gasteiger partial charge in [0.25, 0.3) is 6.01 Å². The van der Waals surface area contributed by atoms with Crippen molar-refractivity contribution in [1.82, 2.24) is 4.98 Å². The second-order valence-electron chi connectivity index (χ2n) is 5.18. The van der Waals surface area contributed by atoms with Crippen LogP contribution in [-0.2, 0) is 0 Å². The van der Waals surface area contributed by atoms with Crippen LogP contribution in [0.4, 0.5) is 6.01 Å². The maximum Gasteiger partial charge on any atom is 0.298 e. The number of oxazole rings is 1. The lowest BCUT2D eigenvalue weighted by Crippen LogP contribution is -2.46. The highest BCUT2D eigenvalue weighted by Crippen LogP contribution is 2.29. The number of para-hydroxylation sites is 2. The van der Waals surface area contributed by atoms with Crippen LogP contribution in [0, 0.1) is 5.92 Å². The zero-order valence-electron chi connectivity index (χ0n) is 10.7. The van der Waals surface area contributed by atoms with Gasteiger partial charge in [-0.05, 0) is 30.9 Å². The van der Waals surface area contributed by atoms with Gasteiger partial charge in [0.15, 0.2) is 5.58 Å². The molecular weight excluding hydrogens is 226 g/mol. The molecule has 0 amide bonds. The lowest BCUT2D eigenvalue weighted by molar-refractivity contribution is 0.349. The van der Waals surface area contributed by atoms with Gasteiger partial charge in [0.1, 0.15) is 5.52 Å². The predicted molar refractivity (Wildman–Crippen MR) is 72.6 cm³/mol. The van der Waals surface area contributed by atoms with Gasteiger partial charge in [0.2, 0.25) is 0 Å². The van der Waals surface area contributed by atoms with Gasteiger partial charge in [-0.3, -0.25) is 0 Å². The third-order valence-corrected chi connectivity index (χ3v) is 3.78. The smallest absolute Gasteiger partial charge is 0.298 e. The van der Waals surface area contributed by atoms with Crippen molar-refractivity contribution in [3.05, 3.63) is 24.3 Å². The average molecular weight is 245 g/mol. The Bertz CT molecular complexity index is 504. The molecule has 1 saturated heterocycles. The van der Waals surface area contributed by atoms with Crippen molar-refractivity contribution in [1.29, 1.82) is 0 Å². The van der Waals surface area contributed by atoms with Crippen LogP contribution in [0.5, 0.6) is 0 Å². The first-order valence-electron chi connectivity index (χ1n) is 6.60. The zero-order chi connectivity index (χ0) is 12.5. The van der Waals surface area contributed by atoms with Crippen LogP contribution in [0.3, 0.4) is 0 Å². The molecule has 2 unspecified atom stereocenters. The molecule has 1 fully saturated rings. The van der Waals surface area contributed by atoms with E-state index in [1.165, 1.54) is 6.42 Å². The van der Waals surface area contributed by atoms with Crippen molar-refractivity contribution in [2.24, 2.45) is 11.7 Å². The molecule has 2 aromatic rings. The topological polar surface area (TPSA) is 55.3 Å². The summed E-state index contributed by atoms with van der Waals surface area (Å²) in [6.07, 6.45) is 2.30. The van der Waals surface area contributed by atoms with E-state index in [1.54, 1.807) is 0 Å². The van der Waals surface area contributed by atoms with Gasteiger partial charge in [0.05, 0.1) is 0 Å². The van der Waals surface area contributed by atoms with E-state index >= 15 is 0 Å². The van der Waals surface area contributed by atoms with E-state index in [0.29, 0.717) is 12.6 Å². The van der Waals surface area contributed by atoms with E-state index < -0.39 is 0 Å². The second-order valence-corrected chi connectivity index (χ2v) is 5.18. The van der Waals surface area contributed by atoms with Crippen molar-refractivity contribution < 1.29 is 4.42 Å². The number of nitrogens with two attached hydrogens (primary N) is 1. The van der Waals surface area contributed by atoms with Gasteiger partial charge in [-0.25, -0.2) is 0 Å². The van der Waals surface area contributed by atoms with Crippen LogP contribution in [0.15, 0.2) is 28.7 Å². The highest BCUT2D eigenvalue weighted by atomic mass is 16.4. The summed E-state index contributed by atoms with van der Waals surface area (Å²) in [4.78, 5) is 6.79. The number of fused-ring (bicyclic) bond motifs is 1. The van der Waals surface area contributed by atoms with E-state index in [1.807, 2.05) is 24.3 Å². The largest absolute Gasteiger partial charge is 0.423 e. The molecular formula is C14H19N3O. The highest BCUT2D eigenvalue weighted by Gasteiger charge is 2.28. The van der Waals surface area contributed by atoms with Gasteiger partial charge in [-0.15, -0.1) is 0 Å². The van der Waals surface area contributed by atoms with E-state index in [0.717, 1.165) is 36.0 Å². The fourth-order valence-electron chi connectivity index (χ4n) is 2.71. The molecule has 1 aromatic heterocycles. The zero-order valence-corrected chi connectivity index (χ0v) is 10.7. The van der Waals surface area contributed by atoms with Crippen molar-refractivity contribution in [3.8, 4) is 0 Å². The molecule has 96 valence electrons. The Kier molecular flexibility index (Phi) is 2.96. The standard InChI is InChI=1S/C14H19N3O/c1-10-6-7-17(11(8-10)9-15)14-16-12-4-2-3-5-13(12)18-14/h2-5,10-11H,6-9,15H2,1H3. The molecule has 0 saturated carbocycles. The molecule has 2 N–H and O–H groups in total. The number of anilines is 1. The highest BCUT2D eigenvalue weighted by molar-refractivity contribution is 5.74. The Hall–Kier alpha value is -1.55. The normalized spacial score (nSPS) is 24.7. The monoisotopic (exact) mass is 245 g/mol. The lowest BCUT2D eigenvalue weighted by atomic mass is 9.93. The Balaban J connectivity index is 1.92. The number of benzene rings is 1. The minimum Gasteiger partial charge on any atom is -0.423 e. The van der Waals surface area contributed by atoms with Crippen LogP contribution >= 0.6 is 0 Å². The second kappa shape index (κ2) is 4.61. The summed E-state index contributed by atoms with van der Waals surface area (Å²) < 4.78 is 5.83. The third kappa shape index (κ3) is 1.97. The maximum absolute atomic E-state index is 5.88. The molecule has 0 spiro atoms. The Morgan fingerprint density at radius 2 is 2.28 bits per heavy atom.